The van der Waals surface area contributed by atoms with Crippen LogP contribution in [0.5, 0.6) is 0 Å². The Morgan fingerprint density at radius 1 is 1.04 bits per heavy atom. The Morgan fingerprint density at radius 2 is 1.81 bits per heavy atom. The number of pyridine rings is 1. The van der Waals surface area contributed by atoms with Gasteiger partial charge in [-0.15, -0.1) is 21.5 Å². The summed E-state index contributed by atoms with van der Waals surface area (Å²) in [5.74, 6) is 2.11. The van der Waals surface area contributed by atoms with Crippen LogP contribution in [-0.4, -0.2) is 60.7 Å². The molecule has 0 bridgehead atoms. The lowest BCUT2D eigenvalue weighted by molar-refractivity contribution is -0.655. The number of hydrogen-bond donors (Lipinski definition) is 1. The van der Waals surface area contributed by atoms with Gasteiger partial charge in [0.25, 0.3) is 0 Å². The van der Waals surface area contributed by atoms with Crippen LogP contribution in [-0.2, 0) is 12.8 Å². The highest BCUT2D eigenvalue weighted by Crippen LogP contribution is 2.42. The average molecular weight is 371 g/mol. The molecule has 136 valence electrons. The van der Waals surface area contributed by atoms with Crippen molar-refractivity contribution in [3.05, 3.63) is 11.1 Å². The predicted octanol–water partition coefficient (Wildman–Crippen LogP) is 0.963. The van der Waals surface area contributed by atoms with E-state index in [4.69, 9.17) is 4.98 Å². The quantitative estimate of drug-likeness (QED) is 0.724. The summed E-state index contributed by atoms with van der Waals surface area (Å²) in [4.78, 5) is 10.6. The van der Waals surface area contributed by atoms with E-state index in [1.165, 1.54) is 29.4 Å². The number of hydrogen-bond acceptors (Lipinski definition) is 7. The molecule has 0 radical (unpaired) electrons. The maximum absolute atomic E-state index is 5.04. The van der Waals surface area contributed by atoms with Gasteiger partial charge in [-0.2, -0.15) is 0 Å². The first-order chi connectivity index (χ1) is 12.7. The summed E-state index contributed by atoms with van der Waals surface area (Å²) in [7, 11) is 4.18. The minimum Gasteiger partial charge on any atom is -0.362 e. The molecule has 2 aliphatic rings. The first kappa shape index (κ1) is 16.1. The van der Waals surface area contributed by atoms with Gasteiger partial charge < -0.3 is 15.1 Å². The van der Waals surface area contributed by atoms with Crippen LogP contribution in [0, 0.1) is 0 Å². The van der Waals surface area contributed by atoms with Gasteiger partial charge in [-0.1, -0.05) is 0 Å². The first-order valence-corrected chi connectivity index (χ1v) is 10.3. The zero-order valence-electron chi connectivity index (χ0n) is 15.3. The zero-order chi connectivity index (χ0) is 17.7. The van der Waals surface area contributed by atoms with E-state index >= 15 is 0 Å². The molecule has 1 aliphatic heterocycles. The second kappa shape index (κ2) is 6.28. The molecule has 0 saturated carbocycles. The third-order valence-electron chi connectivity index (χ3n) is 5.53. The van der Waals surface area contributed by atoms with E-state index in [-0.39, 0.29) is 0 Å². The van der Waals surface area contributed by atoms with Crippen LogP contribution in [0.4, 0.5) is 11.6 Å². The van der Waals surface area contributed by atoms with Crippen molar-refractivity contribution < 1.29 is 5.32 Å². The van der Waals surface area contributed by atoms with Gasteiger partial charge in [0.15, 0.2) is 5.82 Å². The fraction of sp³-hybridized carbons (Fsp3) is 0.556. The molecule has 0 atom stereocenters. The van der Waals surface area contributed by atoms with Gasteiger partial charge >= 0.3 is 0 Å². The molecule has 0 spiro atoms. The van der Waals surface area contributed by atoms with Crippen LogP contribution in [0.15, 0.2) is 0 Å². The molecule has 7 nitrogen and oxygen atoms in total. The number of aromatic nitrogens is 4. The van der Waals surface area contributed by atoms with Crippen LogP contribution in [0.1, 0.15) is 24.0 Å². The molecular formula is C18H24N7S+. The zero-order valence-corrected chi connectivity index (χ0v) is 16.1. The predicted molar refractivity (Wildman–Crippen MR) is 105 cm³/mol. The van der Waals surface area contributed by atoms with E-state index in [2.05, 4.69) is 44.6 Å². The van der Waals surface area contributed by atoms with Crippen molar-refractivity contribution in [2.45, 2.75) is 25.7 Å². The SMILES string of the molecule is CN(C)c1nc2sc3c(N4CC[NH2+]CC4)nnnc3c2c2c1CCCC2. The van der Waals surface area contributed by atoms with Crippen molar-refractivity contribution >= 4 is 43.4 Å². The lowest BCUT2D eigenvalue weighted by atomic mass is 9.90. The minimum atomic E-state index is 0.988. The van der Waals surface area contributed by atoms with Gasteiger partial charge in [0.05, 0.1) is 26.2 Å². The molecule has 1 saturated heterocycles. The summed E-state index contributed by atoms with van der Waals surface area (Å²) in [5, 5.41) is 16.6. The Morgan fingerprint density at radius 3 is 2.58 bits per heavy atom. The standard InChI is InChI=1S/C18H23N7S/c1-24(2)16-12-6-4-3-5-11(12)13-14-15(26-18(13)20-16)17(22-23-21-14)25-9-7-19-8-10-25/h19H,3-10H2,1-2H3/p+1. The average Bonchev–Trinajstić information content (AvgIpc) is 3.06. The van der Waals surface area contributed by atoms with E-state index in [9.17, 15) is 0 Å². The van der Waals surface area contributed by atoms with Crippen molar-refractivity contribution in [3.63, 3.8) is 0 Å². The molecule has 0 unspecified atom stereocenters. The lowest BCUT2D eigenvalue weighted by Crippen LogP contribution is -2.89. The first-order valence-electron chi connectivity index (χ1n) is 9.45. The molecule has 4 heterocycles. The number of aryl methyl sites for hydroxylation is 1. The number of fused-ring (bicyclic) bond motifs is 5. The summed E-state index contributed by atoms with van der Waals surface area (Å²) in [5.41, 5.74) is 3.84. The number of anilines is 2. The van der Waals surface area contributed by atoms with Crippen LogP contribution >= 0.6 is 11.3 Å². The normalized spacial score (nSPS) is 17.7. The van der Waals surface area contributed by atoms with Gasteiger partial charge in [0, 0.05) is 19.5 Å². The number of rotatable bonds is 2. The van der Waals surface area contributed by atoms with Gasteiger partial charge in [0.2, 0.25) is 0 Å². The Hall–Kier alpha value is -2.06. The number of quaternary nitrogens is 1. The number of nitrogens with two attached hydrogens (primary N) is 1. The highest BCUT2D eigenvalue weighted by Gasteiger charge is 2.26. The van der Waals surface area contributed by atoms with E-state index in [1.54, 1.807) is 11.3 Å². The molecular weight excluding hydrogens is 346 g/mol. The molecule has 26 heavy (non-hydrogen) atoms. The largest absolute Gasteiger partial charge is 0.362 e. The van der Waals surface area contributed by atoms with Crippen LogP contribution in [0.25, 0.3) is 20.4 Å². The molecule has 0 amide bonds. The molecule has 3 aromatic heterocycles. The summed E-state index contributed by atoms with van der Waals surface area (Å²) in [6.45, 7) is 4.23. The number of nitrogens with zero attached hydrogens (tertiary/aromatic N) is 6. The van der Waals surface area contributed by atoms with Crippen molar-refractivity contribution in [1.29, 1.82) is 0 Å². The summed E-state index contributed by atoms with van der Waals surface area (Å²) in [6, 6.07) is 0. The third-order valence-corrected chi connectivity index (χ3v) is 6.60. The number of thiophene rings is 1. The fourth-order valence-corrected chi connectivity index (χ4v) is 5.44. The molecule has 8 heteroatoms. The maximum atomic E-state index is 5.04. The van der Waals surface area contributed by atoms with Gasteiger partial charge in [-0.3, -0.25) is 0 Å². The van der Waals surface area contributed by atoms with E-state index < -0.39 is 0 Å². The molecule has 2 N–H and O–H groups in total. The highest BCUT2D eigenvalue weighted by atomic mass is 32.1. The maximum Gasteiger partial charge on any atom is 0.173 e. The summed E-state index contributed by atoms with van der Waals surface area (Å²) < 4.78 is 1.15. The van der Waals surface area contributed by atoms with Gasteiger partial charge in [0.1, 0.15) is 20.9 Å². The van der Waals surface area contributed by atoms with Crippen LogP contribution in [0.2, 0.25) is 0 Å². The van der Waals surface area contributed by atoms with Crippen molar-refractivity contribution in [1.82, 2.24) is 20.4 Å². The Kier molecular flexibility index (Phi) is 3.90. The Labute approximate surface area is 156 Å². The van der Waals surface area contributed by atoms with Crippen molar-refractivity contribution in [3.8, 4) is 0 Å². The molecule has 0 aromatic carbocycles. The number of piperazine rings is 1. The highest BCUT2D eigenvalue weighted by molar-refractivity contribution is 7.26. The van der Waals surface area contributed by atoms with Crippen molar-refractivity contribution in [2.75, 3.05) is 50.1 Å². The van der Waals surface area contributed by atoms with Gasteiger partial charge in [-0.25, -0.2) is 4.98 Å². The van der Waals surface area contributed by atoms with Crippen LogP contribution in [0.3, 0.4) is 0 Å². The molecule has 3 aromatic rings. The van der Waals surface area contributed by atoms with Crippen LogP contribution < -0.4 is 15.1 Å². The monoisotopic (exact) mass is 370 g/mol. The Balaban J connectivity index is 1.79. The molecule has 5 rings (SSSR count). The second-order valence-electron chi connectivity index (χ2n) is 7.42. The smallest absolute Gasteiger partial charge is 0.173 e. The summed E-state index contributed by atoms with van der Waals surface area (Å²) in [6.07, 6.45) is 4.70. The fourth-order valence-electron chi connectivity index (χ4n) is 4.29. The second-order valence-corrected chi connectivity index (χ2v) is 8.42. The lowest BCUT2D eigenvalue weighted by Gasteiger charge is -2.25. The molecule has 1 fully saturated rings. The van der Waals surface area contributed by atoms with E-state index in [0.29, 0.717) is 0 Å². The summed E-state index contributed by atoms with van der Waals surface area (Å²) >= 11 is 1.73. The minimum absolute atomic E-state index is 0.988. The van der Waals surface area contributed by atoms with E-state index in [1.807, 2.05) is 0 Å². The van der Waals surface area contributed by atoms with E-state index in [0.717, 1.165) is 65.7 Å². The molecule has 1 aliphatic carbocycles. The van der Waals surface area contributed by atoms with Crippen molar-refractivity contribution in [2.24, 2.45) is 0 Å². The third kappa shape index (κ3) is 2.43. The Bertz CT molecular complexity index is 975. The topological polar surface area (TPSA) is 74.7 Å². The van der Waals surface area contributed by atoms with Gasteiger partial charge in [-0.05, 0) is 42.0 Å².